The van der Waals surface area contributed by atoms with Gasteiger partial charge in [-0.25, -0.2) is 4.98 Å². The molecule has 2 heterocycles. The Labute approximate surface area is 164 Å². The maximum atomic E-state index is 11.9. The highest BCUT2D eigenvalue weighted by Gasteiger charge is 2.22. The summed E-state index contributed by atoms with van der Waals surface area (Å²) >= 11 is 0. The number of benzene rings is 1. The van der Waals surface area contributed by atoms with Crippen molar-refractivity contribution in [2.24, 2.45) is 0 Å². The summed E-state index contributed by atoms with van der Waals surface area (Å²) in [6.07, 6.45) is 2.77. The van der Waals surface area contributed by atoms with Crippen molar-refractivity contribution < 1.29 is 9.72 Å². The number of nitro benzene ring substituents is 1. The highest BCUT2D eigenvalue weighted by molar-refractivity contribution is 5.96. The Morgan fingerprint density at radius 2 is 2.11 bits per heavy atom. The summed E-state index contributed by atoms with van der Waals surface area (Å²) in [5.41, 5.74) is 2.07. The number of likely N-dealkylation sites (tertiary alicyclic amines) is 1. The summed E-state index contributed by atoms with van der Waals surface area (Å²) in [7, 11) is 0. The monoisotopic (exact) mass is 385 g/mol. The Balaban J connectivity index is 1.67. The van der Waals surface area contributed by atoms with Gasteiger partial charge in [-0.3, -0.25) is 19.8 Å². The molecule has 0 spiro atoms. The molecule has 0 saturated carbocycles. The van der Waals surface area contributed by atoms with Gasteiger partial charge in [-0.1, -0.05) is 19.1 Å². The third-order valence-corrected chi connectivity index (χ3v) is 5.03. The summed E-state index contributed by atoms with van der Waals surface area (Å²) in [4.78, 5) is 29.4. The second-order valence-corrected chi connectivity index (χ2v) is 7.29. The first-order valence-corrected chi connectivity index (χ1v) is 9.78. The van der Waals surface area contributed by atoms with E-state index >= 15 is 0 Å². The van der Waals surface area contributed by atoms with E-state index in [4.69, 9.17) is 0 Å². The molecule has 8 heteroatoms. The van der Waals surface area contributed by atoms with Crippen molar-refractivity contribution in [3.05, 3.63) is 40.1 Å². The number of aromatic nitrogens is 1. The molecule has 0 bridgehead atoms. The zero-order chi connectivity index (χ0) is 20.1. The van der Waals surface area contributed by atoms with Crippen molar-refractivity contribution in [1.29, 1.82) is 0 Å². The standard InChI is InChI=1S/C20H27N5O3/c1-3-9-21-19(26)13-24-10-7-15(8-11-24)23-17-12-14(2)22-20-16(17)5-4-6-18(20)25(27)28/h4-6,12,15H,3,7-11,13H2,1-2H3,(H,21,26)(H,22,23). The molecule has 1 fully saturated rings. The van der Waals surface area contributed by atoms with Crippen molar-refractivity contribution in [1.82, 2.24) is 15.2 Å². The predicted molar refractivity (Wildman–Crippen MR) is 110 cm³/mol. The third kappa shape index (κ3) is 4.75. The molecule has 1 aliphatic rings. The van der Waals surface area contributed by atoms with Crippen LogP contribution in [0, 0.1) is 17.0 Å². The van der Waals surface area contributed by atoms with Gasteiger partial charge in [-0.15, -0.1) is 0 Å². The maximum absolute atomic E-state index is 11.9. The minimum Gasteiger partial charge on any atom is -0.382 e. The third-order valence-electron chi connectivity index (χ3n) is 5.03. The second-order valence-electron chi connectivity index (χ2n) is 7.29. The number of amides is 1. The molecule has 1 aromatic heterocycles. The molecule has 8 nitrogen and oxygen atoms in total. The molecule has 2 N–H and O–H groups in total. The Kier molecular flexibility index (Phi) is 6.41. The molecular weight excluding hydrogens is 358 g/mol. The molecule has 3 rings (SSSR count). The first-order chi connectivity index (χ1) is 13.5. The lowest BCUT2D eigenvalue weighted by atomic mass is 10.0. The summed E-state index contributed by atoms with van der Waals surface area (Å²) in [6, 6.07) is 7.25. The van der Waals surface area contributed by atoms with Crippen LogP contribution >= 0.6 is 0 Å². The van der Waals surface area contributed by atoms with Crippen LogP contribution in [0.5, 0.6) is 0 Å². The fourth-order valence-corrected chi connectivity index (χ4v) is 3.61. The number of hydrogen-bond donors (Lipinski definition) is 2. The average Bonchev–Trinajstić information content (AvgIpc) is 2.67. The molecule has 1 saturated heterocycles. The van der Waals surface area contributed by atoms with Crippen LogP contribution in [0.15, 0.2) is 24.3 Å². The van der Waals surface area contributed by atoms with Crippen LogP contribution in [0.1, 0.15) is 31.9 Å². The van der Waals surface area contributed by atoms with E-state index < -0.39 is 0 Å². The number of anilines is 1. The van der Waals surface area contributed by atoms with E-state index in [1.807, 2.05) is 26.0 Å². The van der Waals surface area contributed by atoms with Crippen LogP contribution in [-0.2, 0) is 4.79 Å². The van der Waals surface area contributed by atoms with Crippen LogP contribution in [-0.4, -0.2) is 52.9 Å². The summed E-state index contributed by atoms with van der Waals surface area (Å²) < 4.78 is 0. The summed E-state index contributed by atoms with van der Waals surface area (Å²) in [6.45, 7) is 6.74. The lowest BCUT2D eigenvalue weighted by Gasteiger charge is -2.32. The second kappa shape index (κ2) is 8.97. The molecule has 150 valence electrons. The number of pyridine rings is 1. The normalized spacial score (nSPS) is 15.5. The van der Waals surface area contributed by atoms with Crippen LogP contribution < -0.4 is 10.6 Å². The van der Waals surface area contributed by atoms with Gasteiger partial charge < -0.3 is 10.6 Å². The number of para-hydroxylation sites is 1. The van der Waals surface area contributed by atoms with E-state index in [1.165, 1.54) is 6.07 Å². The number of rotatable bonds is 7. The molecule has 1 aromatic carbocycles. The number of carbonyl (C=O) groups excluding carboxylic acids is 1. The summed E-state index contributed by atoms with van der Waals surface area (Å²) in [5, 5.41) is 18.6. The van der Waals surface area contributed by atoms with E-state index in [-0.39, 0.29) is 22.6 Å². The maximum Gasteiger partial charge on any atom is 0.295 e. The molecule has 0 atom stereocenters. The minimum absolute atomic E-state index is 0.0251. The molecule has 2 aromatic rings. The SMILES string of the molecule is CCCNC(=O)CN1CCC(Nc2cc(C)nc3c([N+](=O)[O-])cccc23)CC1. The first-order valence-electron chi connectivity index (χ1n) is 9.78. The molecule has 0 aliphatic carbocycles. The number of hydrogen-bond acceptors (Lipinski definition) is 6. The van der Waals surface area contributed by atoms with Crippen molar-refractivity contribution >= 4 is 28.2 Å². The molecule has 1 amide bonds. The van der Waals surface area contributed by atoms with E-state index in [2.05, 4.69) is 20.5 Å². The van der Waals surface area contributed by atoms with Crippen molar-refractivity contribution in [3.63, 3.8) is 0 Å². The average molecular weight is 385 g/mol. The predicted octanol–water partition coefficient (Wildman–Crippen LogP) is 2.85. The Hall–Kier alpha value is -2.74. The number of non-ortho nitro benzene ring substituents is 1. The van der Waals surface area contributed by atoms with Gasteiger partial charge in [0.2, 0.25) is 5.91 Å². The lowest BCUT2D eigenvalue weighted by molar-refractivity contribution is -0.383. The zero-order valence-corrected chi connectivity index (χ0v) is 16.4. The van der Waals surface area contributed by atoms with Crippen LogP contribution in [0.4, 0.5) is 11.4 Å². The van der Waals surface area contributed by atoms with Gasteiger partial charge in [0.05, 0.1) is 11.5 Å². The number of nitrogens with zero attached hydrogens (tertiary/aromatic N) is 3. The highest BCUT2D eigenvalue weighted by atomic mass is 16.6. The lowest BCUT2D eigenvalue weighted by Crippen LogP contribution is -2.44. The van der Waals surface area contributed by atoms with Crippen molar-refractivity contribution in [2.75, 3.05) is 31.5 Å². The van der Waals surface area contributed by atoms with E-state index in [1.54, 1.807) is 6.07 Å². The zero-order valence-electron chi connectivity index (χ0n) is 16.4. The van der Waals surface area contributed by atoms with E-state index in [9.17, 15) is 14.9 Å². The van der Waals surface area contributed by atoms with Gasteiger partial charge in [0.25, 0.3) is 5.69 Å². The molecule has 0 radical (unpaired) electrons. The molecule has 1 aliphatic heterocycles. The van der Waals surface area contributed by atoms with Gasteiger partial charge in [0.15, 0.2) is 5.52 Å². The van der Waals surface area contributed by atoms with Gasteiger partial charge >= 0.3 is 0 Å². The minimum atomic E-state index is -0.388. The smallest absolute Gasteiger partial charge is 0.295 e. The number of carbonyl (C=O) groups is 1. The molecule has 0 unspecified atom stereocenters. The largest absolute Gasteiger partial charge is 0.382 e. The number of nitro groups is 1. The number of piperidine rings is 1. The van der Waals surface area contributed by atoms with Crippen LogP contribution in [0.25, 0.3) is 10.9 Å². The van der Waals surface area contributed by atoms with Gasteiger partial charge in [0.1, 0.15) is 0 Å². The van der Waals surface area contributed by atoms with Crippen LogP contribution in [0.3, 0.4) is 0 Å². The van der Waals surface area contributed by atoms with Crippen LogP contribution in [0.2, 0.25) is 0 Å². The molecule has 28 heavy (non-hydrogen) atoms. The van der Waals surface area contributed by atoms with E-state index in [0.717, 1.165) is 55.7 Å². The Morgan fingerprint density at radius 1 is 1.36 bits per heavy atom. The highest BCUT2D eigenvalue weighted by Crippen LogP contribution is 2.31. The number of fused-ring (bicyclic) bond motifs is 1. The topological polar surface area (TPSA) is 100 Å². The van der Waals surface area contributed by atoms with Gasteiger partial charge in [-0.05, 0) is 32.3 Å². The summed E-state index contributed by atoms with van der Waals surface area (Å²) in [5.74, 6) is 0.0799. The quantitative estimate of drug-likeness (QED) is 0.561. The fourth-order valence-electron chi connectivity index (χ4n) is 3.61. The van der Waals surface area contributed by atoms with Gasteiger partial charge in [-0.2, -0.15) is 0 Å². The van der Waals surface area contributed by atoms with Crippen molar-refractivity contribution in [2.45, 2.75) is 39.2 Å². The number of nitrogens with one attached hydrogen (secondary N) is 2. The molecular formula is C20H27N5O3. The fraction of sp³-hybridized carbons (Fsp3) is 0.500. The van der Waals surface area contributed by atoms with Crippen molar-refractivity contribution in [3.8, 4) is 0 Å². The number of aryl methyl sites for hydroxylation is 1. The van der Waals surface area contributed by atoms with Gasteiger partial charge in [0, 0.05) is 48.5 Å². The van der Waals surface area contributed by atoms with E-state index in [0.29, 0.717) is 12.1 Å². The first kappa shape index (κ1) is 20.0. The Bertz CT molecular complexity index is 862. The Morgan fingerprint density at radius 3 is 2.79 bits per heavy atom.